The highest BCUT2D eigenvalue weighted by Crippen LogP contribution is 2.29. The molecule has 0 heterocycles. The summed E-state index contributed by atoms with van der Waals surface area (Å²) in [6, 6.07) is 10.8. The van der Waals surface area contributed by atoms with Gasteiger partial charge in [-0.05, 0) is 55.5 Å². The van der Waals surface area contributed by atoms with Crippen LogP contribution in [-0.4, -0.2) is 18.2 Å². The number of hydrogen-bond donors (Lipinski definition) is 2. The third-order valence-electron chi connectivity index (χ3n) is 3.24. The van der Waals surface area contributed by atoms with Gasteiger partial charge in [-0.25, -0.2) is 0 Å². The summed E-state index contributed by atoms with van der Waals surface area (Å²) in [6.07, 6.45) is -4.41. The molecule has 126 valence electrons. The van der Waals surface area contributed by atoms with Crippen LogP contribution in [0.15, 0.2) is 48.5 Å². The topological polar surface area (TPSA) is 58.2 Å². The minimum atomic E-state index is -4.41. The van der Waals surface area contributed by atoms with Crippen LogP contribution in [-0.2, 0) is 11.0 Å². The van der Waals surface area contributed by atoms with E-state index in [4.69, 9.17) is 0 Å². The van der Waals surface area contributed by atoms with Crippen molar-refractivity contribution in [3.8, 4) is 0 Å². The number of hydrogen-bond acceptors (Lipinski definition) is 3. The molecule has 0 aliphatic carbocycles. The van der Waals surface area contributed by atoms with E-state index in [1.54, 1.807) is 24.3 Å². The Morgan fingerprint density at radius 3 is 1.96 bits per heavy atom. The van der Waals surface area contributed by atoms with Crippen LogP contribution in [0, 0.1) is 0 Å². The molecule has 0 saturated carbocycles. The number of alkyl halides is 3. The van der Waals surface area contributed by atoms with Crippen LogP contribution in [0.25, 0.3) is 0 Å². The Bertz CT molecular complexity index is 723. The maximum Gasteiger partial charge on any atom is 0.416 e. The Balaban J connectivity index is 1.88. The Kier molecular flexibility index (Phi) is 5.23. The summed E-state index contributed by atoms with van der Waals surface area (Å²) in [7, 11) is 0. The molecule has 24 heavy (non-hydrogen) atoms. The minimum absolute atomic E-state index is 0.0541. The van der Waals surface area contributed by atoms with Crippen molar-refractivity contribution >= 4 is 23.1 Å². The molecule has 2 N–H and O–H groups in total. The third-order valence-corrected chi connectivity index (χ3v) is 3.24. The number of anilines is 2. The maximum absolute atomic E-state index is 12.5. The first kappa shape index (κ1) is 17.5. The molecule has 0 radical (unpaired) electrons. The van der Waals surface area contributed by atoms with E-state index in [0.717, 1.165) is 12.1 Å². The monoisotopic (exact) mass is 336 g/mol. The van der Waals surface area contributed by atoms with E-state index in [9.17, 15) is 22.8 Å². The van der Waals surface area contributed by atoms with Crippen molar-refractivity contribution in [2.24, 2.45) is 0 Å². The molecule has 0 spiro atoms. The molecule has 0 aromatic heterocycles. The Labute approximate surface area is 136 Å². The van der Waals surface area contributed by atoms with Gasteiger partial charge in [0.05, 0.1) is 12.1 Å². The Morgan fingerprint density at radius 1 is 0.917 bits per heavy atom. The number of benzene rings is 2. The summed E-state index contributed by atoms with van der Waals surface area (Å²) in [5.74, 6) is -0.452. The SMILES string of the molecule is CC(=O)c1ccc(NCC(=O)Nc2ccc(C(F)(F)F)cc2)cc1. The quantitative estimate of drug-likeness (QED) is 0.813. The average Bonchev–Trinajstić information content (AvgIpc) is 2.53. The molecule has 2 aromatic carbocycles. The molecular weight excluding hydrogens is 321 g/mol. The highest BCUT2D eigenvalue weighted by Gasteiger charge is 2.29. The van der Waals surface area contributed by atoms with Crippen LogP contribution in [0.1, 0.15) is 22.8 Å². The average molecular weight is 336 g/mol. The molecule has 0 saturated heterocycles. The van der Waals surface area contributed by atoms with Gasteiger partial charge in [-0.3, -0.25) is 9.59 Å². The molecule has 0 aliphatic heterocycles. The number of ketones is 1. The van der Waals surface area contributed by atoms with Gasteiger partial charge in [0, 0.05) is 16.9 Å². The number of amides is 1. The minimum Gasteiger partial charge on any atom is -0.376 e. The largest absolute Gasteiger partial charge is 0.416 e. The van der Waals surface area contributed by atoms with Crippen molar-refractivity contribution in [3.05, 3.63) is 59.7 Å². The third kappa shape index (κ3) is 4.84. The molecule has 2 rings (SSSR count). The van der Waals surface area contributed by atoms with Gasteiger partial charge < -0.3 is 10.6 Å². The fraction of sp³-hybridized carbons (Fsp3) is 0.176. The van der Waals surface area contributed by atoms with E-state index in [-0.39, 0.29) is 18.0 Å². The zero-order chi connectivity index (χ0) is 17.7. The van der Waals surface area contributed by atoms with Crippen molar-refractivity contribution in [1.29, 1.82) is 0 Å². The van der Waals surface area contributed by atoms with Crippen LogP contribution in [0.5, 0.6) is 0 Å². The predicted molar refractivity (Wildman–Crippen MR) is 85.0 cm³/mol. The van der Waals surface area contributed by atoms with Gasteiger partial charge in [-0.1, -0.05) is 0 Å². The molecular formula is C17H15F3N2O2. The van der Waals surface area contributed by atoms with Gasteiger partial charge in [-0.15, -0.1) is 0 Å². The van der Waals surface area contributed by atoms with Crippen LogP contribution < -0.4 is 10.6 Å². The van der Waals surface area contributed by atoms with Gasteiger partial charge >= 0.3 is 6.18 Å². The van der Waals surface area contributed by atoms with Crippen molar-refractivity contribution < 1.29 is 22.8 Å². The smallest absolute Gasteiger partial charge is 0.376 e. The summed E-state index contributed by atoms with van der Waals surface area (Å²) >= 11 is 0. The van der Waals surface area contributed by atoms with Crippen LogP contribution in [0.3, 0.4) is 0 Å². The van der Waals surface area contributed by atoms with Crippen molar-refractivity contribution in [1.82, 2.24) is 0 Å². The Hall–Kier alpha value is -2.83. The predicted octanol–water partition coefficient (Wildman–Crippen LogP) is 3.96. The lowest BCUT2D eigenvalue weighted by Gasteiger charge is -2.10. The summed E-state index contributed by atoms with van der Waals surface area (Å²) in [6.45, 7) is 1.40. The first-order valence-electron chi connectivity index (χ1n) is 7.08. The molecule has 1 amide bonds. The fourth-order valence-electron chi connectivity index (χ4n) is 1.95. The zero-order valence-electron chi connectivity index (χ0n) is 12.8. The fourth-order valence-corrected chi connectivity index (χ4v) is 1.95. The van der Waals surface area contributed by atoms with Crippen LogP contribution in [0.2, 0.25) is 0 Å². The molecule has 0 fully saturated rings. The summed E-state index contributed by atoms with van der Waals surface area (Å²) in [4.78, 5) is 22.9. The second-order valence-corrected chi connectivity index (χ2v) is 5.11. The Morgan fingerprint density at radius 2 is 1.46 bits per heavy atom. The summed E-state index contributed by atoms with van der Waals surface area (Å²) in [5, 5.41) is 5.36. The van der Waals surface area contributed by atoms with Crippen molar-refractivity contribution in [2.45, 2.75) is 13.1 Å². The van der Waals surface area contributed by atoms with Gasteiger partial charge in [0.2, 0.25) is 5.91 Å². The second-order valence-electron chi connectivity index (χ2n) is 5.11. The lowest BCUT2D eigenvalue weighted by atomic mass is 10.1. The number of carbonyl (C=O) groups excluding carboxylic acids is 2. The number of rotatable bonds is 5. The van der Waals surface area contributed by atoms with Gasteiger partial charge in [0.15, 0.2) is 5.78 Å². The lowest BCUT2D eigenvalue weighted by Crippen LogP contribution is -2.21. The molecule has 2 aromatic rings. The number of Topliss-reactive ketones (excluding diaryl/α,β-unsaturated/α-hetero) is 1. The standard InChI is InChI=1S/C17H15F3N2O2/c1-11(23)12-2-6-14(7-3-12)21-10-16(24)22-15-8-4-13(5-9-15)17(18,19)20/h2-9,21H,10H2,1H3,(H,22,24). The van der Waals surface area contributed by atoms with E-state index >= 15 is 0 Å². The number of carbonyl (C=O) groups is 2. The number of nitrogens with one attached hydrogen (secondary N) is 2. The molecule has 0 aliphatic rings. The first-order valence-corrected chi connectivity index (χ1v) is 7.08. The first-order chi connectivity index (χ1) is 11.3. The van der Waals surface area contributed by atoms with Crippen molar-refractivity contribution in [3.63, 3.8) is 0 Å². The van der Waals surface area contributed by atoms with E-state index in [2.05, 4.69) is 10.6 Å². The molecule has 0 bridgehead atoms. The van der Waals surface area contributed by atoms with E-state index in [1.807, 2.05) is 0 Å². The van der Waals surface area contributed by atoms with Crippen molar-refractivity contribution in [2.75, 3.05) is 17.2 Å². The van der Waals surface area contributed by atoms with E-state index in [0.29, 0.717) is 11.3 Å². The maximum atomic E-state index is 12.5. The molecule has 4 nitrogen and oxygen atoms in total. The summed E-state index contributed by atoms with van der Waals surface area (Å²) < 4.78 is 37.4. The zero-order valence-corrected chi connectivity index (χ0v) is 12.8. The van der Waals surface area contributed by atoms with Gasteiger partial charge in [0.25, 0.3) is 0 Å². The highest BCUT2D eigenvalue weighted by molar-refractivity contribution is 5.95. The number of halogens is 3. The van der Waals surface area contributed by atoms with Gasteiger partial charge in [-0.2, -0.15) is 13.2 Å². The second kappa shape index (κ2) is 7.16. The van der Waals surface area contributed by atoms with E-state index < -0.39 is 17.6 Å². The van der Waals surface area contributed by atoms with E-state index in [1.165, 1.54) is 19.1 Å². The summed E-state index contributed by atoms with van der Waals surface area (Å²) in [5.41, 5.74) is 0.725. The molecule has 0 atom stereocenters. The lowest BCUT2D eigenvalue weighted by molar-refractivity contribution is -0.137. The van der Waals surface area contributed by atoms with Crippen LogP contribution in [0.4, 0.5) is 24.5 Å². The molecule has 0 unspecified atom stereocenters. The normalized spacial score (nSPS) is 11.0. The highest BCUT2D eigenvalue weighted by atomic mass is 19.4. The molecule has 7 heteroatoms. The van der Waals surface area contributed by atoms with Crippen LogP contribution >= 0.6 is 0 Å². The van der Waals surface area contributed by atoms with Gasteiger partial charge in [0.1, 0.15) is 0 Å².